The summed E-state index contributed by atoms with van der Waals surface area (Å²) in [6.07, 6.45) is 0. The number of halogens is 3. The number of ether oxygens (including phenoxy) is 2. The van der Waals surface area contributed by atoms with Gasteiger partial charge >= 0.3 is 0 Å². The summed E-state index contributed by atoms with van der Waals surface area (Å²) >= 11 is 2.20. The minimum absolute atomic E-state index is 0.131. The van der Waals surface area contributed by atoms with Gasteiger partial charge in [-0.3, -0.25) is 0 Å². The zero-order valence-electron chi connectivity index (χ0n) is 24.8. The van der Waals surface area contributed by atoms with Crippen LogP contribution in [0.15, 0.2) is 121 Å². The summed E-state index contributed by atoms with van der Waals surface area (Å²) in [7, 11) is 1.57. The Bertz CT molecular complexity index is 2060. The first-order chi connectivity index (χ1) is 23.1. The number of rotatable bonds is 8. The second-order valence-electron chi connectivity index (χ2n) is 9.80. The van der Waals surface area contributed by atoms with E-state index in [0.717, 1.165) is 25.8 Å². The molecule has 0 bridgehead atoms. The smallest absolute Gasteiger partial charge is 0.188 e. The van der Waals surface area contributed by atoms with Crippen LogP contribution in [0.25, 0.3) is 45.3 Å². The standard InChI is InChI=1S/C21H17FN4O2.C13H8FIN4/c1-27-14-28-20-13-7-4-9-16(20)15-8-2-3-10-17(15)21-23-24-25-26(21)19-12-6-5-11-18(19)22;14-10-6-2-4-8-12(10)19-13(16-17-18-19)9-5-1-3-7-11(9)15/h2-13H,14H2,1H3;1-8H. The Balaban J connectivity index is 0.000000177. The van der Waals surface area contributed by atoms with Crippen LogP contribution in [-0.2, 0) is 4.74 Å². The summed E-state index contributed by atoms with van der Waals surface area (Å²) in [6, 6.07) is 35.8. The van der Waals surface area contributed by atoms with E-state index in [4.69, 9.17) is 9.47 Å². The van der Waals surface area contributed by atoms with Crippen LogP contribution in [0, 0.1) is 15.2 Å². The molecule has 0 saturated heterocycles. The number of nitrogens with zero attached hydrogens (tertiary/aromatic N) is 8. The van der Waals surface area contributed by atoms with Gasteiger partial charge in [0.15, 0.2) is 18.4 Å². The van der Waals surface area contributed by atoms with E-state index in [1.807, 2.05) is 72.8 Å². The molecule has 5 aromatic carbocycles. The Morgan fingerprint density at radius 3 is 1.62 bits per heavy atom. The number of hydrogen-bond acceptors (Lipinski definition) is 8. The highest BCUT2D eigenvalue weighted by atomic mass is 127. The normalized spacial score (nSPS) is 10.7. The Hall–Kier alpha value is -5.41. The van der Waals surface area contributed by atoms with Crippen LogP contribution < -0.4 is 4.74 Å². The molecule has 0 N–H and O–H groups in total. The molecule has 0 fully saturated rings. The second kappa shape index (κ2) is 14.8. The molecular weight excluding hydrogens is 717 g/mol. The molecule has 10 nitrogen and oxygen atoms in total. The van der Waals surface area contributed by atoms with Crippen molar-refractivity contribution < 1.29 is 18.3 Å². The maximum absolute atomic E-state index is 14.3. The van der Waals surface area contributed by atoms with Crippen molar-refractivity contribution in [1.82, 2.24) is 40.4 Å². The summed E-state index contributed by atoms with van der Waals surface area (Å²) in [4.78, 5) is 0. The number of hydrogen-bond donors (Lipinski definition) is 0. The van der Waals surface area contributed by atoms with E-state index in [9.17, 15) is 8.78 Å². The topological polar surface area (TPSA) is 106 Å². The minimum Gasteiger partial charge on any atom is -0.467 e. The summed E-state index contributed by atoms with van der Waals surface area (Å²) in [5.74, 6) is 0.860. The molecule has 13 heteroatoms. The molecule has 0 saturated carbocycles. The first-order valence-electron chi connectivity index (χ1n) is 14.2. The number of tetrazole rings is 2. The van der Waals surface area contributed by atoms with Gasteiger partial charge in [-0.1, -0.05) is 84.9 Å². The molecular formula is C34H25F2IN8O2. The fraction of sp³-hybridized carbons (Fsp3) is 0.0588. The molecule has 234 valence electrons. The molecule has 0 aliphatic heterocycles. The molecule has 0 aliphatic carbocycles. The van der Waals surface area contributed by atoms with E-state index in [1.54, 1.807) is 43.5 Å². The molecule has 47 heavy (non-hydrogen) atoms. The minimum atomic E-state index is -0.405. The summed E-state index contributed by atoms with van der Waals surface area (Å²) in [5, 5.41) is 23.4. The van der Waals surface area contributed by atoms with Crippen LogP contribution in [-0.4, -0.2) is 54.3 Å². The molecule has 0 unspecified atom stereocenters. The molecule has 0 amide bonds. The van der Waals surface area contributed by atoms with Crippen molar-refractivity contribution in [1.29, 1.82) is 0 Å². The molecule has 0 aliphatic rings. The Labute approximate surface area is 281 Å². The molecule has 2 heterocycles. The summed E-state index contributed by atoms with van der Waals surface area (Å²) < 4.78 is 42.7. The first-order valence-corrected chi connectivity index (χ1v) is 15.3. The maximum Gasteiger partial charge on any atom is 0.188 e. The van der Waals surface area contributed by atoms with Crippen molar-refractivity contribution in [2.75, 3.05) is 13.9 Å². The van der Waals surface area contributed by atoms with Crippen molar-refractivity contribution >= 4 is 22.6 Å². The molecule has 0 spiro atoms. The van der Waals surface area contributed by atoms with Crippen LogP contribution in [0.5, 0.6) is 5.75 Å². The van der Waals surface area contributed by atoms with Crippen molar-refractivity contribution in [2.24, 2.45) is 0 Å². The summed E-state index contributed by atoms with van der Waals surface area (Å²) in [5.41, 5.74) is 3.96. The average molecular weight is 743 g/mol. The largest absolute Gasteiger partial charge is 0.467 e. The van der Waals surface area contributed by atoms with Crippen molar-refractivity contribution in [3.05, 3.63) is 137 Å². The fourth-order valence-electron chi connectivity index (χ4n) is 4.77. The molecule has 7 aromatic rings. The van der Waals surface area contributed by atoms with Crippen LogP contribution >= 0.6 is 22.6 Å². The van der Waals surface area contributed by atoms with Crippen LogP contribution in [0.1, 0.15) is 0 Å². The van der Waals surface area contributed by atoms with E-state index in [0.29, 0.717) is 23.1 Å². The second-order valence-corrected chi connectivity index (χ2v) is 11.0. The molecule has 0 radical (unpaired) electrons. The van der Waals surface area contributed by atoms with Crippen LogP contribution in [0.2, 0.25) is 0 Å². The average Bonchev–Trinajstić information content (AvgIpc) is 3.79. The third kappa shape index (κ3) is 6.90. The molecule has 7 rings (SSSR count). The van der Waals surface area contributed by atoms with Gasteiger partial charge in [0.1, 0.15) is 28.8 Å². The van der Waals surface area contributed by atoms with E-state index in [2.05, 4.69) is 53.6 Å². The third-order valence-electron chi connectivity index (χ3n) is 6.89. The van der Waals surface area contributed by atoms with Gasteiger partial charge in [0.2, 0.25) is 0 Å². The third-order valence-corrected chi connectivity index (χ3v) is 7.83. The van der Waals surface area contributed by atoms with Crippen molar-refractivity contribution in [3.63, 3.8) is 0 Å². The van der Waals surface area contributed by atoms with Gasteiger partial charge in [-0.15, -0.1) is 10.2 Å². The highest BCUT2D eigenvalue weighted by Gasteiger charge is 2.19. The van der Waals surface area contributed by atoms with Crippen LogP contribution in [0.4, 0.5) is 8.78 Å². The lowest BCUT2D eigenvalue weighted by Crippen LogP contribution is -2.04. The van der Waals surface area contributed by atoms with Gasteiger partial charge in [0, 0.05) is 27.4 Å². The maximum atomic E-state index is 14.3. The van der Waals surface area contributed by atoms with Gasteiger partial charge in [-0.05, 0) is 85.4 Å². The first kappa shape index (κ1) is 31.6. The number of methoxy groups -OCH3 is 1. The molecule has 2 aromatic heterocycles. The van der Waals surface area contributed by atoms with E-state index in [1.165, 1.54) is 21.5 Å². The van der Waals surface area contributed by atoms with Crippen molar-refractivity contribution in [3.8, 4) is 51.0 Å². The quantitative estimate of drug-likeness (QED) is 0.119. The van der Waals surface area contributed by atoms with Gasteiger partial charge in [-0.2, -0.15) is 9.36 Å². The zero-order valence-corrected chi connectivity index (χ0v) is 26.9. The van der Waals surface area contributed by atoms with E-state index >= 15 is 0 Å². The van der Waals surface area contributed by atoms with Gasteiger partial charge in [0.25, 0.3) is 0 Å². The lowest BCUT2D eigenvalue weighted by Gasteiger charge is -2.14. The SMILES string of the molecule is COCOc1ccccc1-c1ccccc1-c1nnnn1-c1ccccc1F.Fc1ccccc1-n1nnnc1-c1ccccc1I. The van der Waals surface area contributed by atoms with E-state index in [-0.39, 0.29) is 18.3 Å². The highest BCUT2D eigenvalue weighted by Crippen LogP contribution is 2.37. The number of para-hydroxylation sites is 3. The zero-order chi connectivity index (χ0) is 32.6. The lowest BCUT2D eigenvalue weighted by atomic mass is 9.98. The molecule has 0 atom stereocenters. The predicted molar refractivity (Wildman–Crippen MR) is 180 cm³/mol. The highest BCUT2D eigenvalue weighted by molar-refractivity contribution is 14.1. The van der Waals surface area contributed by atoms with Gasteiger partial charge in [-0.25, -0.2) is 8.78 Å². The predicted octanol–water partition coefficient (Wildman–Crippen LogP) is 7.19. The number of benzene rings is 5. The fourth-order valence-corrected chi connectivity index (χ4v) is 5.40. The van der Waals surface area contributed by atoms with Gasteiger partial charge < -0.3 is 9.47 Å². The van der Waals surface area contributed by atoms with E-state index < -0.39 is 5.82 Å². The van der Waals surface area contributed by atoms with Crippen LogP contribution in [0.3, 0.4) is 0 Å². The Morgan fingerprint density at radius 1 is 0.574 bits per heavy atom. The van der Waals surface area contributed by atoms with Gasteiger partial charge in [0.05, 0.1) is 0 Å². The summed E-state index contributed by atoms with van der Waals surface area (Å²) in [6.45, 7) is 0.131. The Kier molecular flexibility index (Phi) is 9.93. The monoisotopic (exact) mass is 742 g/mol. The Morgan fingerprint density at radius 2 is 1.04 bits per heavy atom. The van der Waals surface area contributed by atoms with Crippen molar-refractivity contribution in [2.45, 2.75) is 0 Å². The lowest BCUT2D eigenvalue weighted by molar-refractivity contribution is 0.0515. The number of aromatic nitrogens is 8.